The molecule has 0 fully saturated rings. The Kier molecular flexibility index (Phi) is 7.05. The lowest BCUT2D eigenvalue weighted by Gasteiger charge is -2.19. The minimum absolute atomic E-state index is 0.00967. The molecule has 0 bridgehead atoms. The largest absolute Gasteiger partial charge is 0.419 e. The van der Waals surface area contributed by atoms with Gasteiger partial charge in [0.25, 0.3) is 0 Å². The van der Waals surface area contributed by atoms with Crippen molar-refractivity contribution in [2.75, 3.05) is 12.3 Å². The number of thioether (sulfide) groups is 1. The van der Waals surface area contributed by atoms with Gasteiger partial charge < -0.3 is 13.8 Å². The first-order valence-electron chi connectivity index (χ1n) is 8.78. The van der Waals surface area contributed by atoms with E-state index >= 15 is 0 Å². The van der Waals surface area contributed by atoms with Gasteiger partial charge in [0.15, 0.2) is 5.82 Å². The number of aryl methyl sites for hydroxylation is 1. The van der Waals surface area contributed by atoms with Crippen LogP contribution in [0, 0.1) is 6.92 Å². The van der Waals surface area contributed by atoms with E-state index in [1.807, 2.05) is 25.1 Å². The Morgan fingerprint density at radius 3 is 2.82 bits per heavy atom. The van der Waals surface area contributed by atoms with Gasteiger partial charge in [-0.05, 0) is 18.6 Å². The Labute approximate surface area is 171 Å². The summed E-state index contributed by atoms with van der Waals surface area (Å²) in [6.45, 7) is 4.60. The van der Waals surface area contributed by atoms with E-state index in [2.05, 4.69) is 20.3 Å². The number of carbonyl (C=O) groups excluding carboxylic acids is 1. The van der Waals surface area contributed by atoms with Gasteiger partial charge in [-0.3, -0.25) is 4.79 Å². The molecule has 0 aliphatic carbocycles. The van der Waals surface area contributed by atoms with E-state index in [-0.39, 0.29) is 12.5 Å². The van der Waals surface area contributed by atoms with Crippen LogP contribution in [0.25, 0.3) is 11.5 Å². The molecule has 3 aromatic rings. The Morgan fingerprint density at radius 2 is 2.11 bits per heavy atom. The fourth-order valence-corrected chi connectivity index (χ4v) is 3.48. The highest BCUT2D eigenvalue weighted by atomic mass is 35.5. The van der Waals surface area contributed by atoms with E-state index in [0.717, 1.165) is 6.42 Å². The molecule has 3 rings (SSSR count). The van der Waals surface area contributed by atoms with Crippen molar-refractivity contribution in [3.8, 4) is 11.5 Å². The van der Waals surface area contributed by atoms with Crippen molar-refractivity contribution >= 4 is 29.3 Å². The molecule has 0 aliphatic rings. The molecule has 0 unspecified atom stereocenters. The summed E-state index contributed by atoms with van der Waals surface area (Å²) in [6, 6.07) is 7.25. The van der Waals surface area contributed by atoms with Crippen LogP contribution in [0.1, 0.15) is 31.0 Å². The van der Waals surface area contributed by atoms with Crippen molar-refractivity contribution < 1.29 is 13.7 Å². The fourth-order valence-electron chi connectivity index (χ4n) is 2.51. The summed E-state index contributed by atoms with van der Waals surface area (Å²) in [5, 5.41) is 12.5. The third-order valence-electron chi connectivity index (χ3n) is 3.77. The summed E-state index contributed by atoms with van der Waals surface area (Å²) < 4.78 is 10.6. The van der Waals surface area contributed by atoms with Gasteiger partial charge in [0, 0.05) is 13.5 Å². The zero-order valence-electron chi connectivity index (χ0n) is 15.6. The highest BCUT2D eigenvalue weighted by Crippen LogP contribution is 2.26. The first-order valence-corrected chi connectivity index (χ1v) is 10.3. The first kappa shape index (κ1) is 20.3. The molecule has 148 valence electrons. The normalized spacial score (nSPS) is 11.0. The number of benzene rings is 1. The zero-order chi connectivity index (χ0) is 19.9. The lowest BCUT2D eigenvalue weighted by atomic mass is 10.2. The highest BCUT2D eigenvalue weighted by molar-refractivity contribution is 7.99. The van der Waals surface area contributed by atoms with Crippen LogP contribution in [0.2, 0.25) is 5.02 Å². The minimum Gasteiger partial charge on any atom is -0.419 e. The zero-order valence-corrected chi connectivity index (χ0v) is 17.2. The van der Waals surface area contributed by atoms with Crippen LogP contribution in [0.3, 0.4) is 0 Å². The number of hydrogen-bond acceptors (Lipinski definition) is 8. The number of nitrogens with zero attached hydrogens (tertiary/aromatic N) is 5. The summed E-state index contributed by atoms with van der Waals surface area (Å²) in [5.74, 6) is 2.62. The molecule has 0 atom stereocenters. The standard InChI is InChI=1S/C18H20ClN5O3S/c1-3-8-24(17(25)11-28-10-15-20-12(2)27-23-15)9-16-21-22-18(26-16)13-6-4-5-7-14(13)19/h4-7H,3,8-11H2,1-2H3. The van der Waals surface area contributed by atoms with Crippen molar-refractivity contribution in [2.24, 2.45) is 0 Å². The van der Waals surface area contributed by atoms with E-state index in [1.165, 1.54) is 11.8 Å². The predicted molar refractivity (Wildman–Crippen MR) is 106 cm³/mol. The SMILES string of the molecule is CCCN(Cc1nnc(-c2ccccc2Cl)o1)C(=O)CSCc1noc(C)n1. The molecule has 0 saturated carbocycles. The van der Waals surface area contributed by atoms with Crippen molar-refractivity contribution in [1.29, 1.82) is 0 Å². The maximum absolute atomic E-state index is 12.6. The monoisotopic (exact) mass is 421 g/mol. The second kappa shape index (κ2) is 9.70. The van der Waals surface area contributed by atoms with Gasteiger partial charge >= 0.3 is 0 Å². The molecule has 28 heavy (non-hydrogen) atoms. The fraction of sp³-hybridized carbons (Fsp3) is 0.389. The molecule has 2 aromatic heterocycles. The number of halogens is 1. The summed E-state index contributed by atoms with van der Waals surface area (Å²) in [6.07, 6.45) is 0.825. The van der Waals surface area contributed by atoms with Crippen molar-refractivity contribution in [1.82, 2.24) is 25.2 Å². The lowest BCUT2D eigenvalue weighted by Crippen LogP contribution is -2.32. The molecule has 0 saturated heterocycles. The highest BCUT2D eigenvalue weighted by Gasteiger charge is 2.18. The van der Waals surface area contributed by atoms with E-state index < -0.39 is 0 Å². The van der Waals surface area contributed by atoms with Gasteiger partial charge in [-0.1, -0.05) is 35.8 Å². The van der Waals surface area contributed by atoms with Crippen LogP contribution >= 0.6 is 23.4 Å². The molecule has 0 spiro atoms. The molecule has 0 N–H and O–H groups in total. The van der Waals surface area contributed by atoms with Crippen LogP contribution in [0.5, 0.6) is 0 Å². The summed E-state index contributed by atoms with van der Waals surface area (Å²) >= 11 is 7.61. The Bertz CT molecular complexity index is 929. The number of aromatic nitrogens is 4. The van der Waals surface area contributed by atoms with Crippen LogP contribution in [-0.4, -0.2) is 43.4 Å². The van der Waals surface area contributed by atoms with Crippen LogP contribution in [0.15, 0.2) is 33.2 Å². The van der Waals surface area contributed by atoms with Gasteiger partial charge in [0.2, 0.25) is 23.6 Å². The molecule has 0 aliphatic heterocycles. The topological polar surface area (TPSA) is 98.2 Å². The Balaban J connectivity index is 1.59. The van der Waals surface area contributed by atoms with E-state index in [4.69, 9.17) is 20.5 Å². The number of carbonyl (C=O) groups is 1. The second-order valence-corrected chi connectivity index (χ2v) is 7.41. The van der Waals surface area contributed by atoms with Gasteiger partial charge in [0.05, 0.1) is 28.6 Å². The smallest absolute Gasteiger partial charge is 0.249 e. The van der Waals surface area contributed by atoms with Crippen molar-refractivity contribution in [3.63, 3.8) is 0 Å². The predicted octanol–water partition coefficient (Wildman–Crippen LogP) is 3.75. The quantitative estimate of drug-likeness (QED) is 0.515. The molecule has 10 heteroatoms. The van der Waals surface area contributed by atoms with E-state index in [9.17, 15) is 4.79 Å². The van der Waals surface area contributed by atoms with Gasteiger partial charge in [-0.25, -0.2) is 0 Å². The Hall–Kier alpha value is -2.39. The molecule has 8 nitrogen and oxygen atoms in total. The average Bonchev–Trinajstić information content (AvgIpc) is 3.31. The van der Waals surface area contributed by atoms with E-state index in [1.54, 1.807) is 17.9 Å². The van der Waals surface area contributed by atoms with Gasteiger partial charge in [-0.15, -0.1) is 22.0 Å². The Morgan fingerprint density at radius 1 is 1.29 bits per heavy atom. The molecule has 1 aromatic carbocycles. The van der Waals surface area contributed by atoms with Crippen molar-refractivity contribution in [3.05, 3.63) is 46.9 Å². The van der Waals surface area contributed by atoms with Crippen LogP contribution in [-0.2, 0) is 17.1 Å². The molecular formula is C18H20ClN5O3S. The maximum atomic E-state index is 12.6. The third kappa shape index (κ3) is 5.32. The van der Waals surface area contributed by atoms with Gasteiger partial charge in [-0.2, -0.15) is 4.98 Å². The molecule has 0 radical (unpaired) electrons. The second-order valence-electron chi connectivity index (χ2n) is 6.02. The molecule has 2 heterocycles. The first-order chi connectivity index (χ1) is 13.6. The summed E-state index contributed by atoms with van der Waals surface area (Å²) in [5.41, 5.74) is 0.669. The molecular weight excluding hydrogens is 402 g/mol. The minimum atomic E-state index is -0.00967. The summed E-state index contributed by atoms with van der Waals surface area (Å²) in [4.78, 5) is 18.4. The summed E-state index contributed by atoms with van der Waals surface area (Å²) in [7, 11) is 0. The number of hydrogen-bond donors (Lipinski definition) is 0. The number of amides is 1. The van der Waals surface area contributed by atoms with Crippen LogP contribution in [0.4, 0.5) is 0 Å². The third-order valence-corrected chi connectivity index (χ3v) is 5.01. The maximum Gasteiger partial charge on any atom is 0.249 e. The average molecular weight is 422 g/mol. The van der Waals surface area contributed by atoms with E-state index in [0.29, 0.717) is 52.1 Å². The molecule has 1 amide bonds. The van der Waals surface area contributed by atoms with Gasteiger partial charge in [0.1, 0.15) is 0 Å². The van der Waals surface area contributed by atoms with Crippen molar-refractivity contribution in [2.45, 2.75) is 32.6 Å². The lowest BCUT2D eigenvalue weighted by molar-refractivity contribution is -0.129. The van der Waals surface area contributed by atoms with Crippen LogP contribution < -0.4 is 0 Å². The number of rotatable bonds is 9.